The van der Waals surface area contributed by atoms with Gasteiger partial charge in [0, 0.05) is 0 Å². The Balaban J connectivity index is 4.06. The summed E-state index contributed by atoms with van der Waals surface area (Å²) in [6, 6.07) is -1.02. The molecular formula is C11H20N4O5. The third kappa shape index (κ3) is 7.31. The summed E-state index contributed by atoms with van der Waals surface area (Å²) in [7, 11) is 0. The maximum absolute atomic E-state index is 11.5. The van der Waals surface area contributed by atoms with E-state index in [1.165, 1.54) is 0 Å². The molecule has 0 aromatic rings. The summed E-state index contributed by atoms with van der Waals surface area (Å²) in [5.41, 5.74) is 5.03. The summed E-state index contributed by atoms with van der Waals surface area (Å²) >= 11 is 0. The zero-order chi connectivity index (χ0) is 15.7. The summed E-state index contributed by atoms with van der Waals surface area (Å²) in [4.78, 5) is 44.4. The SMILES string of the molecule is CC(C)C(NC(=O)CNC(=O)CNC(=O)CN)C(=O)O. The van der Waals surface area contributed by atoms with Crippen molar-refractivity contribution >= 4 is 23.7 Å². The molecule has 0 fully saturated rings. The highest BCUT2D eigenvalue weighted by atomic mass is 16.4. The lowest BCUT2D eigenvalue weighted by atomic mass is 10.1. The molecular weight excluding hydrogens is 268 g/mol. The number of carbonyl (C=O) groups excluding carboxylic acids is 3. The third-order valence-electron chi connectivity index (χ3n) is 2.33. The predicted molar refractivity (Wildman–Crippen MR) is 69.5 cm³/mol. The van der Waals surface area contributed by atoms with Gasteiger partial charge < -0.3 is 26.8 Å². The monoisotopic (exact) mass is 288 g/mol. The van der Waals surface area contributed by atoms with Gasteiger partial charge in [-0.3, -0.25) is 14.4 Å². The number of aliphatic carboxylic acids is 1. The molecule has 3 amide bonds. The first-order valence-electron chi connectivity index (χ1n) is 6.03. The van der Waals surface area contributed by atoms with Gasteiger partial charge in [0.25, 0.3) is 0 Å². The highest BCUT2D eigenvalue weighted by Crippen LogP contribution is 2.00. The molecule has 0 aliphatic rings. The number of carbonyl (C=O) groups is 4. The van der Waals surface area contributed by atoms with Crippen molar-refractivity contribution in [2.75, 3.05) is 19.6 Å². The average Bonchev–Trinajstić information content (AvgIpc) is 2.38. The Bertz CT molecular complexity index is 383. The van der Waals surface area contributed by atoms with Crippen LogP contribution in [0.5, 0.6) is 0 Å². The highest BCUT2D eigenvalue weighted by molar-refractivity contribution is 5.90. The molecule has 0 aromatic carbocycles. The summed E-state index contributed by atoms with van der Waals surface area (Å²) in [6.45, 7) is 2.41. The molecule has 9 nitrogen and oxygen atoms in total. The molecule has 9 heteroatoms. The normalized spacial score (nSPS) is 11.6. The van der Waals surface area contributed by atoms with Gasteiger partial charge in [0.05, 0.1) is 19.6 Å². The summed E-state index contributed by atoms with van der Waals surface area (Å²) in [5.74, 6) is -3.11. The standard InChI is InChI=1S/C11H20N4O5/c1-6(2)10(11(19)20)15-9(18)5-14-8(17)4-13-7(16)3-12/h6,10H,3-5,12H2,1-2H3,(H,13,16)(H,14,17)(H,15,18)(H,19,20). The van der Waals surface area contributed by atoms with E-state index in [1.807, 2.05) is 0 Å². The van der Waals surface area contributed by atoms with Gasteiger partial charge >= 0.3 is 5.97 Å². The van der Waals surface area contributed by atoms with Crippen LogP contribution in [-0.4, -0.2) is 54.5 Å². The minimum Gasteiger partial charge on any atom is -0.480 e. The van der Waals surface area contributed by atoms with Crippen LogP contribution in [-0.2, 0) is 19.2 Å². The molecule has 0 saturated carbocycles. The van der Waals surface area contributed by atoms with Gasteiger partial charge in [0.2, 0.25) is 17.7 Å². The second-order valence-electron chi connectivity index (χ2n) is 4.39. The van der Waals surface area contributed by atoms with Gasteiger partial charge in [-0.1, -0.05) is 13.8 Å². The van der Waals surface area contributed by atoms with Gasteiger partial charge in [-0.05, 0) is 5.92 Å². The zero-order valence-corrected chi connectivity index (χ0v) is 11.4. The van der Waals surface area contributed by atoms with E-state index in [9.17, 15) is 19.2 Å². The minimum absolute atomic E-state index is 0.234. The van der Waals surface area contributed by atoms with Crippen molar-refractivity contribution in [3.05, 3.63) is 0 Å². The van der Waals surface area contributed by atoms with Gasteiger partial charge in [-0.25, -0.2) is 4.79 Å². The van der Waals surface area contributed by atoms with Crippen LogP contribution >= 0.6 is 0 Å². The number of nitrogens with one attached hydrogen (secondary N) is 3. The van der Waals surface area contributed by atoms with E-state index >= 15 is 0 Å². The Morgan fingerprint density at radius 3 is 1.95 bits per heavy atom. The molecule has 1 unspecified atom stereocenters. The van der Waals surface area contributed by atoms with Crippen molar-refractivity contribution in [1.82, 2.24) is 16.0 Å². The number of hydrogen-bond acceptors (Lipinski definition) is 5. The molecule has 0 aliphatic carbocycles. The molecule has 114 valence electrons. The minimum atomic E-state index is -1.14. The number of carboxylic acid groups (broad SMARTS) is 1. The van der Waals surface area contributed by atoms with Gasteiger partial charge in [-0.15, -0.1) is 0 Å². The first-order valence-corrected chi connectivity index (χ1v) is 6.03. The second kappa shape index (κ2) is 8.86. The van der Waals surface area contributed by atoms with Crippen molar-refractivity contribution < 1.29 is 24.3 Å². The van der Waals surface area contributed by atoms with Crippen molar-refractivity contribution in [3.63, 3.8) is 0 Å². The molecule has 0 bridgehead atoms. The molecule has 0 spiro atoms. The van der Waals surface area contributed by atoms with E-state index in [1.54, 1.807) is 13.8 Å². The number of rotatable bonds is 8. The molecule has 0 aromatic heterocycles. The van der Waals surface area contributed by atoms with E-state index in [0.29, 0.717) is 0 Å². The number of nitrogens with two attached hydrogens (primary N) is 1. The molecule has 6 N–H and O–H groups in total. The molecule has 20 heavy (non-hydrogen) atoms. The Kier molecular flexibility index (Phi) is 7.90. The van der Waals surface area contributed by atoms with Gasteiger partial charge in [-0.2, -0.15) is 0 Å². The summed E-state index contributed by atoms with van der Waals surface area (Å²) < 4.78 is 0. The average molecular weight is 288 g/mol. The maximum atomic E-state index is 11.5. The topological polar surface area (TPSA) is 151 Å². The highest BCUT2D eigenvalue weighted by Gasteiger charge is 2.23. The molecule has 0 heterocycles. The first-order chi connectivity index (χ1) is 9.27. The predicted octanol–water partition coefficient (Wildman–Crippen LogP) is -2.60. The molecule has 0 rings (SSSR count). The Hall–Kier alpha value is -2.16. The zero-order valence-electron chi connectivity index (χ0n) is 11.4. The van der Waals surface area contributed by atoms with E-state index in [0.717, 1.165) is 0 Å². The smallest absolute Gasteiger partial charge is 0.326 e. The van der Waals surface area contributed by atoms with E-state index in [4.69, 9.17) is 10.8 Å². The fraction of sp³-hybridized carbons (Fsp3) is 0.636. The van der Waals surface area contributed by atoms with Gasteiger partial charge in [0.1, 0.15) is 6.04 Å². The quantitative estimate of drug-likeness (QED) is 0.330. The van der Waals surface area contributed by atoms with Crippen LogP contribution in [0, 0.1) is 5.92 Å². The number of amides is 3. The largest absolute Gasteiger partial charge is 0.480 e. The fourth-order valence-electron chi connectivity index (χ4n) is 1.23. The first kappa shape index (κ1) is 17.8. The lowest BCUT2D eigenvalue weighted by Crippen LogP contribution is -2.49. The van der Waals surface area contributed by atoms with Crippen LogP contribution in [0.2, 0.25) is 0 Å². The molecule has 1 atom stereocenters. The van der Waals surface area contributed by atoms with Crippen LogP contribution < -0.4 is 21.7 Å². The van der Waals surface area contributed by atoms with Crippen LogP contribution in [0.15, 0.2) is 0 Å². The Morgan fingerprint density at radius 2 is 1.50 bits per heavy atom. The summed E-state index contributed by atoms with van der Waals surface area (Å²) in [5, 5.41) is 15.6. The number of hydrogen-bond donors (Lipinski definition) is 5. The lowest BCUT2D eigenvalue weighted by Gasteiger charge is -2.18. The maximum Gasteiger partial charge on any atom is 0.326 e. The van der Waals surface area contributed by atoms with Crippen LogP contribution in [0.25, 0.3) is 0 Å². The van der Waals surface area contributed by atoms with Crippen molar-refractivity contribution in [3.8, 4) is 0 Å². The van der Waals surface area contributed by atoms with Crippen LogP contribution in [0.4, 0.5) is 0 Å². The summed E-state index contributed by atoms with van der Waals surface area (Å²) in [6.07, 6.45) is 0. The van der Waals surface area contributed by atoms with E-state index in [-0.39, 0.29) is 25.6 Å². The van der Waals surface area contributed by atoms with E-state index in [2.05, 4.69) is 16.0 Å². The van der Waals surface area contributed by atoms with Crippen molar-refractivity contribution in [1.29, 1.82) is 0 Å². The number of carboxylic acids is 1. The lowest BCUT2D eigenvalue weighted by molar-refractivity contribution is -0.143. The molecule has 0 radical (unpaired) electrons. The van der Waals surface area contributed by atoms with Crippen LogP contribution in [0.1, 0.15) is 13.8 Å². The van der Waals surface area contributed by atoms with Crippen molar-refractivity contribution in [2.45, 2.75) is 19.9 Å². The molecule has 0 saturated heterocycles. The Morgan fingerprint density at radius 1 is 1.00 bits per heavy atom. The second-order valence-corrected chi connectivity index (χ2v) is 4.39. The van der Waals surface area contributed by atoms with E-state index < -0.39 is 29.7 Å². The van der Waals surface area contributed by atoms with Crippen molar-refractivity contribution in [2.24, 2.45) is 11.7 Å². The fourth-order valence-corrected chi connectivity index (χ4v) is 1.23. The molecule has 0 aliphatic heterocycles. The van der Waals surface area contributed by atoms with Crippen LogP contribution in [0.3, 0.4) is 0 Å². The van der Waals surface area contributed by atoms with Gasteiger partial charge in [0.15, 0.2) is 0 Å². The third-order valence-corrected chi connectivity index (χ3v) is 2.33. The Labute approximate surface area is 116 Å².